The summed E-state index contributed by atoms with van der Waals surface area (Å²) in [5, 5.41) is 0. The molecule has 16 heavy (non-hydrogen) atoms. The van der Waals surface area contributed by atoms with Gasteiger partial charge in [0.05, 0.1) is 0 Å². The fourth-order valence-corrected chi connectivity index (χ4v) is 3.14. The van der Waals surface area contributed by atoms with Gasteiger partial charge in [-0.25, -0.2) is 0 Å². The van der Waals surface area contributed by atoms with Crippen LogP contribution in [0.15, 0.2) is 60.7 Å². The van der Waals surface area contributed by atoms with Gasteiger partial charge in [0.2, 0.25) is 0 Å². The van der Waals surface area contributed by atoms with Crippen molar-refractivity contribution in [3.63, 3.8) is 0 Å². The van der Waals surface area contributed by atoms with Crippen molar-refractivity contribution in [1.29, 1.82) is 0 Å². The van der Waals surface area contributed by atoms with E-state index in [0.717, 1.165) is 0 Å². The van der Waals surface area contributed by atoms with E-state index in [4.69, 9.17) is 0 Å². The van der Waals surface area contributed by atoms with E-state index in [2.05, 4.69) is 60.7 Å². The molecule has 0 saturated carbocycles. The molecule has 0 unspecified atom stereocenters. The molecule has 2 N–H and O–H groups in total. The summed E-state index contributed by atoms with van der Waals surface area (Å²) in [6, 6.07) is 21.5. The van der Waals surface area contributed by atoms with Crippen LogP contribution in [0.3, 0.4) is 0 Å². The minimum absolute atomic E-state index is 0. The molecule has 0 heterocycles. The van der Waals surface area contributed by atoms with Crippen LogP contribution >= 0.6 is 0 Å². The molecule has 3 radical (unpaired) electrons. The van der Waals surface area contributed by atoms with Gasteiger partial charge in [-0.05, 0) is 0 Å². The van der Waals surface area contributed by atoms with E-state index < -0.39 is 0 Å². The summed E-state index contributed by atoms with van der Waals surface area (Å²) in [7, 11) is 0. The molecule has 0 atom stereocenters. The Morgan fingerprint density at radius 1 is 0.750 bits per heavy atom. The molecule has 0 saturated heterocycles. The monoisotopic (exact) mass is 319 g/mol. The number of benzene rings is 2. The molecular formula is C14H15OSn. The molecule has 0 aliphatic heterocycles. The van der Waals surface area contributed by atoms with Crippen LogP contribution in [0.2, 0.25) is 4.44 Å². The van der Waals surface area contributed by atoms with Crippen molar-refractivity contribution in [2.75, 3.05) is 0 Å². The van der Waals surface area contributed by atoms with Crippen LogP contribution in [-0.2, 0) is 0 Å². The first kappa shape index (κ1) is 13.3. The normalized spacial score (nSPS) is 9.88. The Balaban J connectivity index is 0.00000128. The number of rotatable bonds is 3. The van der Waals surface area contributed by atoms with Crippen LogP contribution in [0.5, 0.6) is 0 Å². The maximum absolute atomic E-state index is 2.22. The SMILES string of the molecule is O.[Sn][CH2]C(c1ccccc1)c1ccccc1. The van der Waals surface area contributed by atoms with Crippen molar-refractivity contribution in [2.45, 2.75) is 10.4 Å². The van der Waals surface area contributed by atoms with E-state index >= 15 is 0 Å². The number of hydrogen-bond donors (Lipinski definition) is 0. The molecule has 0 amide bonds. The van der Waals surface area contributed by atoms with Gasteiger partial charge in [-0.3, -0.25) is 0 Å². The molecule has 2 aromatic carbocycles. The van der Waals surface area contributed by atoms with Gasteiger partial charge in [0.25, 0.3) is 0 Å². The van der Waals surface area contributed by atoms with Gasteiger partial charge >= 0.3 is 105 Å². The second kappa shape index (κ2) is 6.71. The van der Waals surface area contributed by atoms with Crippen molar-refractivity contribution in [2.24, 2.45) is 0 Å². The molecular weight excluding hydrogens is 303 g/mol. The Bertz CT molecular complexity index is 360. The van der Waals surface area contributed by atoms with Crippen LogP contribution < -0.4 is 0 Å². The predicted octanol–water partition coefficient (Wildman–Crippen LogP) is 2.58. The molecule has 2 heteroatoms. The van der Waals surface area contributed by atoms with Crippen LogP contribution in [-0.4, -0.2) is 28.0 Å². The first-order valence-electron chi connectivity index (χ1n) is 5.16. The maximum atomic E-state index is 2.22. The van der Waals surface area contributed by atoms with E-state index in [1.54, 1.807) is 22.5 Å². The van der Waals surface area contributed by atoms with Gasteiger partial charge in [-0.2, -0.15) is 0 Å². The van der Waals surface area contributed by atoms with E-state index in [1.807, 2.05) is 0 Å². The Hall–Kier alpha value is -0.801. The second-order valence-electron chi connectivity index (χ2n) is 3.58. The van der Waals surface area contributed by atoms with Crippen molar-refractivity contribution < 1.29 is 5.48 Å². The fraction of sp³-hybridized carbons (Fsp3) is 0.143. The summed E-state index contributed by atoms with van der Waals surface area (Å²) >= 11 is 1.59. The summed E-state index contributed by atoms with van der Waals surface area (Å²) in [5.74, 6) is 0.575. The average molecular weight is 318 g/mol. The molecule has 2 rings (SSSR count). The molecule has 0 aromatic heterocycles. The van der Waals surface area contributed by atoms with Crippen LogP contribution in [0.25, 0.3) is 0 Å². The Labute approximate surface area is 110 Å². The van der Waals surface area contributed by atoms with E-state index in [9.17, 15) is 0 Å². The molecule has 0 spiro atoms. The summed E-state index contributed by atoms with van der Waals surface area (Å²) < 4.78 is 1.24. The van der Waals surface area contributed by atoms with E-state index in [0.29, 0.717) is 5.92 Å². The van der Waals surface area contributed by atoms with Crippen molar-refractivity contribution in [3.05, 3.63) is 71.8 Å². The van der Waals surface area contributed by atoms with Crippen LogP contribution in [0, 0.1) is 0 Å². The van der Waals surface area contributed by atoms with Gasteiger partial charge in [0, 0.05) is 0 Å². The molecule has 81 valence electrons. The Morgan fingerprint density at radius 3 is 1.44 bits per heavy atom. The predicted molar refractivity (Wildman–Crippen MR) is 68.9 cm³/mol. The van der Waals surface area contributed by atoms with Gasteiger partial charge in [0.15, 0.2) is 0 Å². The molecule has 0 bridgehead atoms. The van der Waals surface area contributed by atoms with Crippen molar-refractivity contribution >= 4 is 22.5 Å². The first-order chi connectivity index (χ1) is 7.42. The topological polar surface area (TPSA) is 31.5 Å². The third kappa shape index (κ3) is 3.09. The van der Waals surface area contributed by atoms with Crippen molar-refractivity contribution in [3.8, 4) is 0 Å². The fourth-order valence-electron chi connectivity index (χ4n) is 1.80. The molecule has 0 fully saturated rings. The summed E-state index contributed by atoms with van der Waals surface area (Å²) in [5.41, 5.74) is 2.86. The number of hydrogen-bond acceptors (Lipinski definition) is 0. The molecule has 0 aliphatic carbocycles. The molecule has 2 aromatic rings. The zero-order valence-corrected chi connectivity index (χ0v) is 11.9. The van der Waals surface area contributed by atoms with E-state index in [-0.39, 0.29) is 5.48 Å². The zero-order valence-electron chi connectivity index (χ0n) is 9.06. The Morgan fingerprint density at radius 2 is 1.12 bits per heavy atom. The second-order valence-corrected chi connectivity index (χ2v) is 4.74. The average Bonchev–Trinajstić information content (AvgIpc) is 2.33. The quantitative estimate of drug-likeness (QED) is 0.779. The van der Waals surface area contributed by atoms with Gasteiger partial charge in [-0.1, -0.05) is 0 Å². The van der Waals surface area contributed by atoms with Crippen molar-refractivity contribution in [1.82, 2.24) is 0 Å². The summed E-state index contributed by atoms with van der Waals surface area (Å²) in [6.45, 7) is 0. The van der Waals surface area contributed by atoms with Gasteiger partial charge in [-0.15, -0.1) is 0 Å². The molecule has 1 nitrogen and oxygen atoms in total. The van der Waals surface area contributed by atoms with Gasteiger partial charge < -0.3 is 5.48 Å². The molecule has 0 aliphatic rings. The Kier molecular flexibility index (Phi) is 5.56. The summed E-state index contributed by atoms with van der Waals surface area (Å²) in [6.07, 6.45) is 0. The third-order valence-corrected chi connectivity index (χ3v) is 3.77. The third-order valence-electron chi connectivity index (χ3n) is 2.61. The summed E-state index contributed by atoms with van der Waals surface area (Å²) in [4.78, 5) is 0. The zero-order chi connectivity index (χ0) is 10.5. The van der Waals surface area contributed by atoms with Crippen LogP contribution in [0.4, 0.5) is 0 Å². The van der Waals surface area contributed by atoms with Gasteiger partial charge in [0.1, 0.15) is 0 Å². The first-order valence-corrected chi connectivity index (χ1v) is 7.18. The van der Waals surface area contributed by atoms with E-state index in [1.165, 1.54) is 15.6 Å². The van der Waals surface area contributed by atoms with Crippen LogP contribution in [0.1, 0.15) is 17.0 Å². The standard InChI is InChI=1S/C14H13.H2O.Sn/c1-12(13-8-4-2-5-9-13)14-10-6-3-7-11-14;;/h2-12H,1H2;1H2;. The minimum atomic E-state index is 0.